The van der Waals surface area contributed by atoms with Crippen molar-refractivity contribution in [2.24, 2.45) is 0 Å². The third-order valence-corrected chi connectivity index (χ3v) is 3.46. The number of unbranched alkanes of at least 4 members (excludes halogenated alkanes) is 1. The summed E-state index contributed by atoms with van der Waals surface area (Å²) in [5.41, 5.74) is 3.35. The Balaban J connectivity index is 1.77. The summed E-state index contributed by atoms with van der Waals surface area (Å²) in [7, 11) is 0. The Morgan fingerprint density at radius 3 is 2.27 bits per heavy atom. The Kier molecular flexibility index (Phi) is 3.45. The number of carbonyl (C=O) groups is 1. The average Bonchev–Trinajstić information content (AvgIpc) is 3.10. The second kappa shape index (κ2) is 4.82. The lowest BCUT2D eigenvalue weighted by molar-refractivity contribution is -0.131. The molecule has 1 saturated carbocycles. The Hall–Kier alpha value is -0.790. The number of amides is 1. The summed E-state index contributed by atoms with van der Waals surface area (Å²) >= 11 is 0. The lowest BCUT2D eigenvalue weighted by Crippen LogP contribution is -2.36. The third kappa shape index (κ3) is 2.83. The molecule has 1 aliphatic heterocycles. The van der Waals surface area contributed by atoms with Crippen molar-refractivity contribution in [3.8, 4) is 0 Å². The summed E-state index contributed by atoms with van der Waals surface area (Å²) in [6.07, 6.45) is 7.87. The van der Waals surface area contributed by atoms with Crippen LogP contribution in [0.25, 0.3) is 0 Å². The van der Waals surface area contributed by atoms with Crippen LogP contribution in [0.4, 0.5) is 0 Å². The number of hydrogen-bond donors (Lipinski definition) is 0. The van der Waals surface area contributed by atoms with E-state index in [1.54, 1.807) is 11.1 Å². The molecule has 2 rings (SSSR count). The van der Waals surface area contributed by atoms with Crippen LogP contribution < -0.4 is 0 Å². The van der Waals surface area contributed by atoms with Crippen molar-refractivity contribution < 1.29 is 4.79 Å². The lowest BCUT2D eigenvalue weighted by atomic mass is 10.0. The first-order valence-corrected chi connectivity index (χ1v) is 6.29. The summed E-state index contributed by atoms with van der Waals surface area (Å²) in [6.45, 7) is 4.09. The highest BCUT2D eigenvalue weighted by atomic mass is 16.2. The second-order valence-corrected chi connectivity index (χ2v) is 4.69. The van der Waals surface area contributed by atoms with Gasteiger partial charge in [-0.3, -0.25) is 4.79 Å². The van der Waals surface area contributed by atoms with Crippen LogP contribution in [0.3, 0.4) is 0 Å². The molecule has 1 amide bonds. The van der Waals surface area contributed by atoms with Gasteiger partial charge >= 0.3 is 0 Å². The molecule has 15 heavy (non-hydrogen) atoms. The first kappa shape index (κ1) is 10.7. The first-order chi connectivity index (χ1) is 7.31. The number of nitrogens with zero attached hydrogens (tertiary/aromatic N) is 1. The van der Waals surface area contributed by atoms with Gasteiger partial charge in [-0.2, -0.15) is 0 Å². The molecule has 0 spiro atoms. The van der Waals surface area contributed by atoms with Crippen molar-refractivity contribution in [2.45, 2.75) is 51.9 Å². The van der Waals surface area contributed by atoms with Gasteiger partial charge in [0.05, 0.1) is 0 Å². The van der Waals surface area contributed by atoms with E-state index in [-0.39, 0.29) is 0 Å². The van der Waals surface area contributed by atoms with Crippen LogP contribution in [0.5, 0.6) is 0 Å². The summed E-state index contributed by atoms with van der Waals surface area (Å²) in [5.74, 6) is 0.372. The van der Waals surface area contributed by atoms with Gasteiger partial charge in [0.25, 0.3) is 0 Å². The molecule has 1 aliphatic carbocycles. The average molecular weight is 207 g/mol. The van der Waals surface area contributed by atoms with Gasteiger partial charge in [0.1, 0.15) is 0 Å². The molecule has 0 aromatic carbocycles. The zero-order valence-electron chi connectivity index (χ0n) is 9.72. The molecule has 2 nitrogen and oxygen atoms in total. The number of allylic oxidation sites excluding steroid dienone is 1. The Morgan fingerprint density at radius 1 is 1.13 bits per heavy atom. The van der Waals surface area contributed by atoms with Crippen LogP contribution in [-0.2, 0) is 4.79 Å². The van der Waals surface area contributed by atoms with E-state index in [0.29, 0.717) is 5.91 Å². The van der Waals surface area contributed by atoms with E-state index in [9.17, 15) is 4.79 Å². The highest BCUT2D eigenvalue weighted by molar-refractivity contribution is 5.76. The van der Waals surface area contributed by atoms with Crippen LogP contribution in [0, 0.1) is 0 Å². The van der Waals surface area contributed by atoms with Crippen molar-refractivity contribution in [3.05, 3.63) is 11.1 Å². The van der Waals surface area contributed by atoms with Crippen LogP contribution in [0.2, 0.25) is 0 Å². The predicted octanol–water partition coefficient (Wildman–Crippen LogP) is 2.89. The van der Waals surface area contributed by atoms with E-state index in [4.69, 9.17) is 0 Å². The van der Waals surface area contributed by atoms with Crippen molar-refractivity contribution in [1.82, 2.24) is 4.90 Å². The standard InChI is InChI=1S/C13H21NO/c1-2-3-4-13(15)14-9-7-12(8-10-14)11-5-6-11/h2-10H2,1H3. The zero-order valence-corrected chi connectivity index (χ0v) is 9.72. The molecular formula is C13H21NO. The molecular weight excluding hydrogens is 186 g/mol. The van der Waals surface area contributed by atoms with Gasteiger partial charge in [-0.15, -0.1) is 0 Å². The van der Waals surface area contributed by atoms with Gasteiger partial charge in [-0.05, 0) is 32.1 Å². The molecule has 0 bridgehead atoms. The lowest BCUT2D eigenvalue weighted by Gasteiger charge is -2.28. The van der Waals surface area contributed by atoms with Crippen molar-refractivity contribution in [2.75, 3.05) is 13.1 Å². The molecule has 0 radical (unpaired) electrons. The van der Waals surface area contributed by atoms with Gasteiger partial charge in [0.2, 0.25) is 5.91 Å². The van der Waals surface area contributed by atoms with E-state index in [0.717, 1.165) is 45.2 Å². The smallest absolute Gasteiger partial charge is 0.222 e. The third-order valence-electron chi connectivity index (χ3n) is 3.46. The molecule has 2 fully saturated rings. The van der Waals surface area contributed by atoms with E-state index in [1.807, 2.05) is 0 Å². The fourth-order valence-corrected chi connectivity index (χ4v) is 2.28. The first-order valence-electron chi connectivity index (χ1n) is 6.29. The zero-order chi connectivity index (χ0) is 10.7. The summed E-state index contributed by atoms with van der Waals surface area (Å²) < 4.78 is 0. The molecule has 0 unspecified atom stereocenters. The second-order valence-electron chi connectivity index (χ2n) is 4.69. The SMILES string of the molecule is CCCCC(=O)N1CCC(=C2CC2)CC1. The minimum Gasteiger partial charge on any atom is -0.342 e. The van der Waals surface area contributed by atoms with Crippen molar-refractivity contribution in [3.63, 3.8) is 0 Å². The molecule has 0 atom stereocenters. The number of rotatable bonds is 3. The maximum atomic E-state index is 11.8. The summed E-state index contributed by atoms with van der Waals surface area (Å²) in [4.78, 5) is 13.8. The quantitative estimate of drug-likeness (QED) is 0.652. The predicted molar refractivity (Wildman–Crippen MR) is 61.6 cm³/mol. The molecule has 84 valence electrons. The maximum absolute atomic E-state index is 11.8. The number of carbonyl (C=O) groups excluding carboxylic acids is 1. The molecule has 0 aromatic heterocycles. The molecule has 1 heterocycles. The molecule has 0 aromatic rings. The highest BCUT2D eigenvalue weighted by Gasteiger charge is 2.23. The number of hydrogen-bond acceptors (Lipinski definition) is 1. The molecule has 2 heteroatoms. The number of piperidine rings is 1. The van der Waals surface area contributed by atoms with E-state index >= 15 is 0 Å². The van der Waals surface area contributed by atoms with Gasteiger partial charge in [-0.1, -0.05) is 24.5 Å². The summed E-state index contributed by atoms with van der Waals surface area (Å²) in [5, 5.41) is 0. The van der Waals surface area contributed by atoms with Gasteiger partial charge < -0.3 is 4.90 Å². The van der Waals surface area contributed by atoms with E-state index in [2.05, 4.69) is 11.8 Å². The normalized spacial score (nSPS) is 20.7. The van der Waals surface area contributed by atoms with Crippen LogP contribution >= 0.6 is 0 Å². The Morgan fingerprint density at radius 2 is 1.73 bits per heavy atom. The maximum Gasteiger partial charge on any atom is 0.222 e. The fourth-order valence-electron chi connectivity index (χ4n) is 2.28. The highest BCUT2D eigenvalue weighted by Crippen LogP contribution is 2.36. The van der Waals surface area contributed by atoms with Gasteiger partial charge in [0.15, 0.2) is 0 Å². The largest absolute Gasteiger partial charge is 0.342 e. The topological polar surface area (TPSA) is 20.3 Å². The van der Waals surface area contributed by atoms with Gasteiger partial charge in [0, 0.05) is 19.5 Å². The summed E-state index contributed by atoms with van der Waals surface area (Å²) in [6, 6.07) is 0. The van der Waals surface area contributed by atoms with Crippen LogP contribution in [0.15, 0.2) is 11.1 Å². The minimum absolute atomic E-state index is 0.372. The van der Waals surface area contributed by atoms with E-state index < -0.39 is 0 Å². The minimum atomic E-state index is 0.372. The van der Waals surface area contributed by atoms with Crippen molar-refractivity contribution >= 4 is 5.91 Å². The van der Waals surface area contributed by atoms with Gasteiger partial charge in [-0.25, -0.2) is 0 Å². The van der Waals surface area contributed by atoms with Crippen LogP contribution in [-0.4, -0.2) is 23.9 Å². The van der Waals surface area contributed by atoms with E-state index in [1.165, 1.54) is 12.8 Å². The molecule has 1 saturated heterocycles. The number of likely N-dealkylation sites (tertiary alicyclic amines) is 1. The fraction of sp³-hybridized carbons (Fsp3) is 0.769. The van der Waals surface area contributed by atoms with Crippen LogP contribution in [0.1, 0.15) is 51.9 Å². The molecule has 0 N–H and O–H groups in total. The monoisotopic (exact) mass is 207 g/mol. The Labute approximate surface area is 92.3 Å². The van der Waals surface area contributed by atoms with Crippen molar-refractivity contribution in [1.29, 1.82) is 0 Å². The Bertz CT molecular complexity index is 264. The molecule has 2 aliphatic rings.